The van der Waals surface area contributed by atoms with E-state index < -0.39 is 0 Å². The number of hydrogen-bond donors (Lipinski definition) is 0. The topological polar surface area (TPSA) is 17.8 Å². The standard InChI is InChI=1S/C21H25FN2S/c22-18-1-3-19(4-2-18)25-20(13-24-6-5-23-14-24)21-10-15-7-16(11-21)9-17(8-15)12-21/h1-6,14-17,20H,7-13H2. The van der Waals surface area contributed by atoms with Crippen molar-refractivity contribution in [2.24, 2.45) is 23.2 Å². The van der Waals surface area contributed by atoms with Crippen molar-refractivity contribution in [3.05, 3.63) is 48.8 Å². The van der Waals surface area contributed by atoms with Crippen LogP contribution in [0, 0.1) is 29.0 Å². The minimum absolute atomic E-state index is 0.148. The van der Waals surface area contributed by atoms with Gasteiger partial charge in [0, 0.05) is 29.1 Å². The summed E-state index contributed by atoms with van der Waals surface area (Å²) in [6, 6.07) is 7.08. The third-order valence-corrected chi connectivity index (χ3v) is 8.27. The Balaban J connectivity index is 1.45. The predicted molar refractivity (Wildman–Crippen MR) is 98.9 cm³/mol. The zero-order valence-corrected chi connectivity index (χ0v) is 15.3. The Kier molecular flexibility index (Phi) is 3.92. The van der Waals surface area contributed by atoms with Crippen molar-refractivity contribution in [2.45, 2.75) is 55.2 Å². The first-order chi connectivity index (χ1) is 12.2. The molecule has 25 heavy (non-hydrogen) atoms. The van der Waals surface area contributed by atoms with Crippen LogP contribution in [0.5, 0.6) is 0 Å². The fraction of sp³-hybridized carbons (Fsp3) is 0.571. The van der Waals surface area contributed by atoms with E-state index in [1.165, 1.54) is 43.4 Å². The van der Waals surface area contributed by atoms with Gasteiger partial charge in [0.2, 0.25) is 0 Å². The number of benzene rings is 1. The molecule has 0 radical (unpaired) electrons. The van der Waals surface area contributed by atoms with Gasteiger partial charge < -0.3 is 4.57 Å². The van der Waals surface area contributed by atoms with Gasteiger partial charge in [-0.25, -0.2) is 9.37 Å². The van der Waals surface area contributed by atoms with Crippen molar-refractivity contribution >= 4 is 11.8 Å². The molecule has 0 saturated heterocycles. The predicted octanol–water partition coefficient (Wildman–Crippen LogP) is 5.40. The van der Waals surface area contributed by atoms with E-state index in [1.807, 2.05) is 36.4 Å². The highest BCUT2D eigenvalue weighted by Gasteiger charge is 2.54. The summed E-state index contributed by atoms with van der Waals surface area (Å²) in [5.41, 5.74) is 0.456. The van der Waals surface area contributed by atoms with Crippen molar-refractivity contribution < 1.29 is 4.39 Å². The fourth-order valence-corrected chi connectivity index (χ4v) is 7.60. The smallest absolute Gasteiger partial charge is 0.123 e. The monoisotopic (exact) mass is 356 g/mol. The van der Waals surface area contributed by atoms with E-state index in [0.717, 1.165) is 24.3 Å². The van der Waals surface area contributed by atoms with Crippen molar-refractivity contribution in [1.29, 1.82) is 0 Å². The van der Waals surface area contributed by atoms with Crippen LogP contribution in [0.25, 0.3) is 0 Å². The van der Waals surface area contributed by atoms with Crippen LogP contribution in [0.1, 0.15) is 38.5 Å². The largest absolute Gasteiger partial charge is 0.336 e. The lowest BCUT2D eigenvalue weighted by molar-refractivity contribution is -0.0553. The molecule has 0 amide bonds. The van der Waals surface area contributed by atoms with Crippen LogP contribution in [0.3, 0.4) is 0 Å². The second-order valence-corrected chi connectivity index (χ2v) is 9.88. The highest BCUT2D eigenvalue weighted by Crippen LogP contribution is 2.63. The lowest BCUT2D eigenvalue weighted by Gasteiger charge is -2.59. The van der Waals surface area contributed by atoms with Gasteiger partial charge in [-0.2, -0.15) is 0 Å². The highest BCUT2D eigenvalue weighted by atomic mass is 32.2. The summed E-state index contributed by atoms with van der Waals surface area (Å²) >= 11 is 1.97. The maximum atomic E-state index is 13.3. The second-order valence-electron chi connectivity index (χ2n) is 8.60. The molecule has 2 nitrogen and oxygen atoms in total. The summed E-state index contributed by atoms with van der Waals surface area (Å²) in [7, 11) is 0. The Morgan fingerprint density at radius 1 is 1.08 bits per heavy atom. The van der Waals surface area contributed by atoms with Crippen LogP contribution in [0.2, 0.25) is 0 Å². The summed E-state index contributed by atoms with van der Waals surface area (Å²) in [4.78, 5) is 5.44. The van der Waals surface area contributed by atoms with Crippen LogP contribution >= 0.6 is 11.8 Å². The average molecular weight is 357 g/mol. The lowest BCUT2D eigenvalue weighted by atomic mass is 9.48. The van der Waals surface area contributed by atoms with Gasteiger partial charge in [-0.3, -0.25) is 0 Å². The molecule has 0 N–H and O–H groups in total. The molecule has 4 aliphatic carbocycles. The van der Waals surface area contributed by atoms with E-state index in [2.05, 4.69) is 15.7 Å². The average Bonchev–Trinajstić information content (AvgIpc) is 3.08. The molecule has 6 rings (SSSR count). The number of hydrogen-bond acceptors (Lipinski definition) is 2. The van der Waals surface area contributed by atoms with Gasteiger partial charge in [-0.15, -0.1) is 11.8 Å². The van der Waals surface area contributed by atoms with Gasteiger partial charge in [0.05, 0.1) is 6.33 Å². The van der Waals surface area contributed by atoms with E-state index >= 15 is 0 Å². The molecule has 1 unspecified atom stereocenters. The minimum atomic E-state index is -0.148. The number of thioether (sulfide) groups is 1. The van der Waals surface area contributed by atoms with Crippen molar-refractivity contribution in [3.8, 4) is 0 Å². The summed E-state index contributed by atoms with van der Waals surface area (Å²) in [6.07, 6.45) is 14.5. The van der Waals surface area contributed by atoms with Crippen LogP contribution in [0.15, 0.2) is 47.9 Å². The normalized spacial score (nSPS) is 34.4. The number of rotatable bonds is 5. The van der Waals surface area contributed by atoms with Gasteiger partial charge in [0.15, 0.2) is 0 Å². The molecule has 132 valence electrons. The Morgan fingerprint density at radius 2 is 1.72 bits per heavy atom. The zero-order chi connectivity index (χ0) is 16.9. The Morgan fingerprint density at radius 3 is 2.28 bits per heavy atom. The molecule has 1 aromatic heterocycles. The maximum Gasteiger partial charge on any atom is 0.123 e. The summed E-state index contributed by atoms with van der Waals surface area (Å²) in [5.74, 6) is 2.70. The minimum Gasteiger partial charge on any atom is -0.336 e. The van der Waals surface area contributed by atoms with Gasteiger partial charge >= 0.3 is 0 Å². The molecular weight excluding hydrogens is 331 g/mol. The molecule has 1 heterocycles. The molecule has 0 spiro atoms. The first-order valence-corrected chi connectivity index (χ1v) is 10.4. The quantitative estimate of drug-likeness (QED) is 0.668. The molecule has 4 saturated carbocycles. The number of halogens is 1. The molecule has 4 bridgehead atoms. The van der Waals surface area contributed by atoms with E-state index in [4.69, 9.17) is 0 Å². The van der Waals surface area contributed by atoms with Crippen LogP contribution in [-0.2, 0) is 6.54 Å². The molecule has 0 aliphatic heterocycles. The Labute approximate surface area is 153 Å². The van der Waals surface area contributed by atoms with Gasteiger partial charge in [0.1, 0.15) is 5.82 Å². The highest BCUT2D eigenvalue weighted by molar-refractivity contribution is 8.00. The first kappa shape index (κ1) is 15.9. The number of aromatic nitrogens is 2. The summed E-state index contributed by atoms with van der Waals surface area (Å²) < 4.78 is 15.6. The maximum absolute atomic E-state index is 13.3. The third kappa shape index (κ3) is 3.03. The van der Waals surface area contributed by atoms with E-state index in [1.54, 1.807) is 12.1 Å². The van der Waals surface area contributed by atoms with Gasteiger partial charge in [0.25, 0.3) is 0 Å². The second kappa shape index (κ2) is 6.15. The van der Waals surface area contributed by atoms with E-state index in [9.17, 15) is 4.39 Å². The molecule has 2 aromatic rings. The third-order valence-electron chi connectivity index (χ3n) is 6.80. The molecule has 4 fully saturated rings. The van der Waals surface area contributed by atoms with Gasteiger partial charge in [-0.1, -0.05) is 0 Å². The SMILES string of the molecule is Fc1ccc(SC(Cn2ccnc2)C23CC4CC(CC(C4)C2)C3)cc1. The fourth-order valence-electron chi connectivity index (χ4n) is 6.19. The zero-order valence-electron chi connectivity index (χ0n) is 14.5. The number of nitrogens with zero attached hydrogens (tertiary/aromatic N) is 2. The van der Waals surface area contributed by atoms with Crippen molar-refractivity contribution in [2.75, 3.05) is 0 Å². The molecule has 4 aliphatic rings. The van der Waals surface area contributed by atoms with E-state index in [-0.39, 0.29) is 5.82 Å². The van der Waals surface area contributed by atoms with Crippen molar-refractivity contribution in [1.82, 2.24) is 9.55 Å². The van der Waals surface area contributed by atoms with Gasteiger partial charge in [-0.05, 0) is 86.0 Å². The molecule has 4 heteroatoms. The molecule has 1 atom stereocenters. The number of imidazole rings is 1. The summed E-state index contributed by atoms with van der Waals surface area (Å²) in [5, 5.41) is 0.542. The first-order valence-electron chi connectivity index (χ1n) is 9.56. The molecular formula is C21H25FN2S. The summed E-state index contributed by atoms with van der Waals surface area (Å²) in [6.45, 7) is 1.01. The van der Waals surface area contributed by atoms with Crippen molar-refractivity contribution in [3.63, 3.8) is 0 Å². The van der Waals surface area contributed by atoms with Crippen LogP contribution in [-0.4, -0.2) is 14.8 Å². The lowest BCUT2D eigenvalue weighted by Crippen LogP contribution is -2.51. The van der Waals surface area contributed by atoms with Crippen LogP contribution < -0.4 is 0 Å². The molecule has 1 aromatic carbocycles. The Hall–Kier alpha value is -1.29. The van der Waals surface area contributed by atoms with E-state index in [0.29, 0.717) is 10.7 Å². The Bertz CT molecular complexity index is 690. The van der Waals surface area contributed by atoms with Crippen LogP contribution in [0.4, 0.5) is 4.39 Å².